The molecule has 0 aromatic rings. The molecule has 0 spiro atoms. The van der Waals surface area contributed by atoms with Crippen LogP contribution in [0.2, 0.25) is 0 Å². The SMILES string of the molecule is CCCCCCCCCCCC/C=C\CCCCCCCCOCC. The van der Waals surface area contributed by atoms with E-state index in [9.17, 15) is 0 Å². The largest absolute Gasteiger partial charge is 0.382 e. The van der Waals surface area contributed by atoms with Gasteiger partial charge < -0.3 is 4.74 Å². The van der Waals surface area contributed by atoms with Crippen molar-refractivity contribution in [3.63, 3.8) is 0 Å². The molecule has 0 saturated heterocycles. The van der Waals surface area contributed by atoms with Gasteiger partial charge in [0.25, 0.3) is 0 Å². The fourth-order valence-electron chi connectivity index (χ4n) is 3.30. The Labute approximate surface area is 160 Å². The normalized spacial score (nSPS) is 11.6. The van der Waals surface area contributed by atoms with Crippen molar-refractivity contribution in [3.8, 4) is 0 Å². The predicted octanol–water partition coefficient (Wildman–Crippen LogP) is 8.62. The first kappa shape index (κ1) is 24.7. The van der Waals surface area contributed by atoms with Crippen LogP contribution in [0.4, 0.5) is 0 Å². The van der Waals surface area contributed by atoms with Gasteiger partial charge in [-0.25, -0.2) is 0 Å². The highest BCUT2D eigenvalue weighted by atomic mass is 16.5. The number of allylic oxidation sites excluding steroid dienone is 2. The maximum Gasteiger partial charge on any atom is 0.0465 e. The number of hydrogen-bond donors (Lipinski definition) is 0. The molecule has 0 heterocycles. The molecule has 0 atom stereocenters. The molecule has 0 bridgehead atoms. The van der Waals surface area contributed by atoms with Crippen LogP contribution in [0.1, 0.15) is 129 Å². The molecule has 0 aromatic heterocycles. The van der Waals surface area contributed by atoms with E-state index in [0.29, 0.717) is 0 Å². The van der Waals surface area contributed by atoms with Crippen molar-refractivity contribution in [3.05, 3.63) is 12.2 Å². The van der Waals surface area contributed by atoms with Crippen LogP contribution >= 0.6 is 0 Å². The molecule has 0 radical (unpaired) electrons. The van der Waals surface area contributed by atoms with Crippen LogP contribution in [0.15, 0.2) is 12.2 Å². The highest BCUT2D eigenvalue weighted by Crippen LogP contribution is 2.12. The summed E-state index contributed by atoms with van der Waals surface area (Å²) in [6.45, 7) is 6.19. The zero-order valence-electron chi connectivity index (χ0n) is 17.7. The van der Waals surface area contributed by atoms with E-state index in [1.807, 2.05) is 0 Å². The first-order valence-corrected chi connectivity index (χ1v) is 11.6. The van der Waals surface area contributed by atoms with Crippen molar-refractivity contribution >= 4 is 0 Å². The summed E-state index contributed by atoms with van der Waals surface area (Å²) in [6, 6.07) is 0. The molecular weight excluding hydrogens is 304 g/mol. The van der Waals surface area contributed by atoms with Crippen LogP contribution in [-0.2, 0) is 4.74 Å². The third-order valence-corrected chi connectivity index (χ3v) is 5.00. The summed E-state index contributed by atoms with van der Waals surface area (Å²) in [5, 5.41) is 0. The van der Waals surface area contributed by atoms with E-state index in [2.05, 4.69) is 26.0 Å². The Morgan fingerprint density at radius 2 is 0.880 bits per heavy atom. The zero-order chi connectivity index (χ0) is 18.3. The fraction of sp³-hybridized carbons (Fsp3) is 0.917. The van der Waals surface area contributed by atoms with Gasteiger partial charge in [-0.1, -0.05) is 103 Å². The van der Waals surface area contributed by atoms with E-state index >= 15 is 0 Å². The lowest BCUT2D eigenvalue weighted by molar-refractivity contribution is 0.143. The summed E-state index contributed by atoms with van der Waals surface area (Å²) in [4.78, 5) is 0. The Morgan fingerprint density at radius 3 is 1.32 bits per heavy atom. The molecule has 0 fully saturated rings. The van der Waals surface area contributed by atoms with Crippen LogP contribution in [0.25, 0.3) is 0 Å². The quantitative estimate of drug-likeness (QED) is 0.148. The third-order valence-electron chi connectivity index (χ3n) is 5.00. The average molecular weight is 353 g/mol. The maximum absolute atomic E-state index is 5.36. The summed E-state index contributed by atoms with van der Waals surface area (Å²) < 4.78 is 5.36. The third kappa shape index (κ3) is 23.7. The molecule has 1 heteroatoms. The Balaban J connectivity index is 3.04. The van der Waals surface area contributed by atoms with E-state index in [1.54, 1.807) is 0 Å². The van der Waals surface area contributed by atoms with E-state index in [0.717, 1.165) is 13.2 Å². The standard InChI is InChI=1S/C24H48O/c1-3-5-6-7-8-9-10-11-12-13-14-15-16-17-18-19-20-21-22-23-24-25-4-2/h15-16H,3-14,17-24H2,1-2H3/b16-15-. The Morgan fingerprint density at radius 1 is 0.480 bits per heavy atom. The van der Waals surface area contributed by atoms with Crippen LogP contribution in [-0.4, -0.2) is 13.2 Å². The van der Waals surface area contributed by atoms with Crippen molar-refractivity contribution in [2.45, 2.75) is 129 Å². The van der Waals surface area contributed by atoms with Gasteiger partial charge in [0.05, 0.1) is 0 Å². The lowest BCUT2D eigenvalue weighted by Crippen LogP contribution is -1.92. The molecule has 0 saturated carbocycles. The monoisotopic (exact) mass is 352 g/mol. The zero-order valence-corrected chi connectivity index (χ0v) is 17.7. The van der Waals surface area contributed by atoms with Gasteiger partial charge in [-0.2, -0.15) is 0 Å². The van der Waals surface area contributed by atoms with Crippen molar-refractivity contribution in [2.24, 2.45) is 0 Å². The predicted molar refractivity (Wildman–Crippen MR) is 114 cm³/mol. The summed E-state index contributed by atoms with van der Waals surface area (Å²) >= 11 is 0. The Hall–Kier alpha value is -0.300. The van der Waals surface area contributed by atoms with E-state index in [-0.39, 0.29) is 0 Å². The fourth-order valence-corrected chi connectivity index (χ4v) is 3.30. The summed E-state index contributed by atoms with van der Waals surface area (Å²) in [6.07, 6.45) is 29.9. The van der Waals surface area contributed by atoms with Crippen molar-refractivity contribution in [2.75, 3.05) is 13.2 Å². The van der Waals surface area contributed by atoms with E-state index in [4.69, 9.17) is 4.74 Å². The van der Waals surface area contributed by atoms with Gasteiger partial charge in [-0.05, 0) is 39.0 Å². The minimum absolute atomic E-state index is 0.867. The molecule has 1 nitrogen and oxygen atoms in total. The van der Waals surface area contributed by atoms with Gasteiger partial charge in [0.15, 0.2) is 0 Å². The molecule has 25 heavy (non-hydrogen) atoms. The highest BCUT2D eigenvalue weighted by Gasteiger charge is 1.93. The van der Waals surface area contributed by atoms with Crippen LogP contribution in [0.5, 0.6) is 0 Å². The summed E-state index contributed by atoms with van der Waals surface area (Å²) in [5.74, 6) is 0. The lowest BCUT2D eigenvalue weighted by atomic mass is 10.1. The first-order chi connectivity index (χ1) is 12.4. The average Bonchev–Trinajstić information content (AvgIpc) is 2.63. The molecule has 0 unspecified atom stereocenters. The molecular formula is C24H48O. The first-order valence-electron chi connectivity index (χ1n) is 11.6. The number of hydrogen-bond acceptors (Lipinski definition) is 1. The molecule has 0 aliphatic rings. The van der Waals surface area contributed by atoms with Gasteiger partial charge in [0.2, 0.25) is 0 Å². The van der Waals surface area contributed by atoms with Crippen LogP contribution < -0.4 is 0 Å². The molecule has 0 aromatic carbocycles. The van der Waals surface area contributed by atoms with Crippen LogP contribution in [0.3, 0.4) is 0 Å². The van der Waals surface area contributed by atoms with Crippen molar-refractivity contribution < 1.29 is 4.74 Å². The van der Waals surface area contributed by atoms with Gasteiger partial charge in [-0.15, -0.1) is 0 Å². The number of ether oxygens (including phenoxy) is 1. The Kier molecular flexibility index (Phi) is 23.4. The van der Waals surface area contributed by atoms with Gasteiger partial charge in [0.1, 0.15) is 0 Å². The molecule has 0 aliphatic heterocycles. The number of rotatable bonds is 21. The molecule has 150 valence electrons. The van der Waals surface area contributed by atoms with Crippen molar-refractivity contribution in [1.29, 1.82) is 0 Å². The van der Waals surface area contributed by atoms with Crippen LogP contribution in [0, 0.1) is 0 Å². The second-order valence-electron chi connectivity index (χ2n) is 7.55. The topological polar surface area (TPSA) is 9.23 Å². The molecule has 0 aliphatic carbocycles. The van der Waals surface area contributed by atoms with Gasteiger partial charge >= 0.3 is 0 Å². The van der Waals surface area contributed by atoms with Gasteiger partial charge in [0, 0.05) is 13.2 Å². The lowest BCUT2D eigenvalue weighted by Gasteiger charge is -2.02. The van der Waals surface area contributed by atoms with E-state index < -0.39 is 0 Å². The smallest absolute Gasteiger partial charge is 0.0465 e. The number of unbranched alkanes of at least 4 members (excludes halogenated alkanes) is 16. The van der Waals surface area contributed by atoms with Gasteiger partial charge in [-0.3, -0.25) is 0 Å². The van der Waals surface area contributed by atoms with Crippen molar-refractivity contribution in [1.82, 2.24) is 0 Å². The minimum Gasteiger partial charge on any atom is -0.382 e. The minimum atomic E-state index is 0.867. The summed E-state index contributed by atoms with van der Waals surface area (Å²) in [5.41, 5.74) is 0. The molecule has 0 rings (SSSR count). The second kappa shape index (κ2) is 23.7. The highest BCUT2D eigenvalue weighted by molar-refractivity contribution is 4.81. The maximum atomic E-state index is 5.36. The Bertz CT molecular complexity index is 246. The second-order valence-corrected chi connectivity index (χ2v) is 7.55. The molecule has 0 N–H and O–H groups in total. The molecule has 0 amide bonds. The van der Waals surface area contributed by atoms with E-state index in [1.165, 1.54) is 116 Å². The summed E-state index contributed by atoms with van der Waals surface area (Å²) in [7, 11) is 0.